The lowest BCUT2D eigenvalue weighted by Crippen LogP contribution is -2.39. The van der Waals surface area contributed by atoms with Crippen molar-refractivity contribution in [2.45, 2.75) is 12.5 Å². The number of para-hydroxylation sites is 1. The van der Waals surface area contributed by atoms with Crippen LogP contribution in [0.25, 0.3) is 10.9 Å². The summed E-state index contributed by atoms with van der Waals surface area (Å²) in [4.78, 5) is 28.8. The van der Waals surface area contributed by atoms with Crippen molar-refractivity contribution >= 4 is 39.8 Å². The van der Waals surface area contributed by atoms with E-state index in [-0.39, 0.29) is 12.1 Å². The largest absolute Gasteiger partial charge is 0.368 e. The fraction of sp³-hybridized carbons (Fsp3) is 0.100. The first-order valence-corrected chi connectivity index (χ1v) is 8.59. The highest BCUT2D eigenvalue weighted by molar-refractivity contribution is 6.44. The summed E-state index contributed by atoms with van der Waals surface area (Å²) >= 11 is 0. The number of pyridine rings is 1. The number of hydrogen-bond donors (Lipinski definition) is 2. The maximum Gasteiger partial charge on any atom is 0.272 e. The average Bonchev–Trinajstić information content (AvgIpc) is 3.14. The molecule has 0 fully saturated rings. The Morgan fingerprint density at radius 1 is 1.14 bits per heavy atom. The molecule has 0 saturated carbocycles. The second-order valence-electron chi connectivity index (χ2n) is 6.36. The zero-order chi connectivity index (χ0) is 19.7. The second-order valence-corrected chi connectivity index (χ2v) is 6.36. The number of fused-ring (bicyclic) bond motifs is 1. The maximum absolute atomic E-state index is 13.2. The highest BCUT2D eigenvalue weighted by Gasteiger charge is 2.35. The highest BCUT2D eigenvalue weighted by atomic mass is 19.1. The van der Waals surface area contributed by atoms with E-state index >= 15 is 0 Å². The molecule has 1 atom stereocenters. The number of hydrogen-bond acceptors (Lipinski definition) is 5. The second kappa shape index (κ2) is 7.07. The highest BCUT2D eigenvalue weighted by Crippen LogP contribution is 2.25. The normalized spacial score (nSPS) is 16.1. The Bertz CT molecular complexity index is 1100. The van der Waals surface area contributed by atoms with E-state index in [0.29, 0.717) is 11.4 Å². The van der Waals surface area contributed by atoms with Crippen LogP contribution in [0.1, 0.15) is 6.42 Å². The number of anilines is 2. The number of halogens is 1. The van der Waals surface area contributed by atoms with Gasteiger partial charge in [0.1, 0.15) is 17.6 Å². The summed E-state index contributed by atoms with van der Waals surface area (Å²) in [6.07, 6.45) is 1.61. The maximum atomic E-state index is 13.2. The van der Waals surface area contributed by atoms with Gasteiger partial charge in [0, 0.05) is 11.8 Å². The van der Waals surface area contributed by atoms with Gasteiger partial charge in [-0.1, -0.05) is 18.2 Å². The molecule has 1 aliphatic heterocycles. The fourth-order valence-electron chi connectivity index (χ4n) is 3.04. The molecule has 8 heteroatoms. The van der Waals surface area contributed by atoms with Gasteiger partial charge in [-0.3, -0.25) is 19.6 Å². The van der Waals surface area contributed by atoms with Crippen molar-refractivity contribution < 1.29 is 14.0 Å². The van der Waals surface area contributed by atoms with Gasteiger partial charge < -0.3 is 11.1 Å². The predicted molar refractivity (Wildman–Crippen MR) is 104 cm³/mol. The molecule has 0 saturated heterocycles. The molecule has 1 aromatic heterocycles. The number of nitrogens with zero attached hydrogens (tertiary/aromatic N) is 3. The van der Waals surface area contributed by atoms with Gasteiger partial charge in [0.15, 0.2) is 0 Å². The first kappa shape index (κ1) is 17.6. The zero-order valence-corrected chi connectivity index (χ0v) is 14.7. The van der Waals surface area contributed by atoms with Crippen LogP contribution in [0.5, 0.6) is 0 Å². The first-order chi connectivity index (χ1) is 13.5. The van der Waals surface area contributed by atoms with Crippen molar-refractivity contribution in [3.8, 4) is 0 Å². The Labute approximate surface area is 159 Å². The number of aromatic nitrogens is 1. The van der Waals surface area contributed by atoms with Crippen molar-refractivity contribution in [2.24, 2.45) is 10.8 Å². The molecular weight excluding hydrogens is 361 g/mol. The van der Waals surface area contributed by atoms with Crippen molar-refractivity contribution in [1.82, 2.24) is 4.98 Å². The van der Waals surface area contributed by atoms with Crippen LogP contribution in [0.15, 0.2) is 65.9 Å². The Kier molecular flexibility index (Phi) is 4.44. The Balaban J connectivity index is 1.58. The van der Waals surface area contributed by atoms with Gasteiger partial charge >= 0.3 is 0 Å². The van der Waals surface area contributed by atoms with Crippen LogP contribution in [0, 0.1) is 5.82 Å². The third-order valence-electron chi connectivity index (χ3n) is 4.44. The summed E-state index contributed by atoms with van der Waals surface area (Å²) in [6.45, 7) is 0. The molecule has 0 unspecified atom stereocenters. The molecule has 0 radical (unpaired) electrons. The standard InChI is InChI=1S/C20H16FN5O2/c21-13-5-7-15(8-6-13)26-18(19(22)27)10-17(25-26)20(28)24-14-9-12-3-1-2-4-16(12)23-11-14/h1-9,11,18H,10H2,(H2,22,27)(H,24,28)/t18-/m0/s1. The van der Waals surface area contributed by atoms with E-state index in [1.807, 2.05) is 24.3 Å². The average molecular weight is 377 g/mol. The first-order valence-electron chi connectivity index (χ1n) is 8.59. The number of nitrogens with one attached hydrogen (secondary N) is 1. The molecule has 7 nitrogen and oxygen atoms in total. The van der Waals surface area contributed by atoms with E-state index < -0.39 is 23.7 Å². The lowest BCUT2D eigenvalue weighted by Gasteiger charge is -2.20. The molecule has 140 valence electrons. The fourth-order valence-corrected chi connectivity index (χ4v) is 3.04. The quantitative estimate of drug-likeness (QED) is 0.729. The molecule has 3 aromatic rings. The van der Waals surface area contributed by atoms with Crippen LogP contribution < -0.4 is 16.1 Å². The van der Waals surface area contributed by atoms with Crippen molar-refractivity contribution in [3.63, 3.8) is 0 Å². The van der Waals surface area contributed by atoms with Gasteiger partial charge in [0.05, 0.1) is 23.1 Å². The smallest absolute Gasteiger partial charge is 0.272 e. The Hall–Kier alpha value is -3.81. The van der Waals surface area contributed by atoms with Crippen LogP contribution in [0.2, 0.25) is 0 Å². The molecule has 3 N–H and O–H groups in total. The number of carbonyl (C=O) groups excluding carboxylic acids is 2. The van der Waals surface area contributed by atoms with Crippen LogP contribution in [0.4, 0.5) is 15.8 Å². The Morgan fingerprint density at radius 2 is 1.89 bits per heavy atom. The van der Waals surface area contributed by atoms with Crippen LogP contribution in [-0.2, 0) is 9.59 Å². The van der Waals surface area contributed by atoms with Gasteiger partial charge in [-0.2, -0.15) is 5.10 Å². The lowest BCUT2D eigenvalue weighted by molar-refractivity contribution is -0.119. The summed E-state index contributed by atoms with van der Waals surface area (Å²) in [7, 11) is 0. The van der Waals surface area contributed by atoms with Crippen LogP contribution >= 0.6 is 0 Å². The topological polar surface area (TPSA) is 101 Å². The summed E-state index contributed by atoms with van der Waals surface area (Å²) in [5, 5.41) is 9.22. The summed E-state index contributed by atoms with van der Waals surface area (Å²) in [6, 6.07) is 14.0. The minimum absolute atomic E-state index is 0.0551. The molecule has 0 aliphatic carbocycles. The third-order valence-corrected chi connectivity index (χ3v) is 4.44. The molecule has 2 amide bonds. The molecule has 2 aromatic carbocycles. The molecule has 4 rings (SSSR count). The van der Waals surface area contributed by atoms with E-state index in [4.69, 9.17) is 5.73 Å². The van der Waals surface area contributed by atoms with E-state index in [1.165, 1.54) is 29.3 Å². The number of hydrazone groups is 1. The summed E-state index contributed by atoms with van der Waals surface area (Å²) in [5.74, 6) is -1.49. The van der Waals surface area contributed by atoms with E-state index in [2.05, 4.69) is 15.4 Å². The molecule has 2 heterocycles. The number of rotatable bonds is 4. The Morgan fingerprint density at radius 3 is 2.64 bits per heavy atom. The van der Waals surface area contributed by atoms with Crippen molar-refractivity contribution in [3.05, 3.63) is 66.6 Å². The summed E-state index contributed by atoms with van der Waals surface area (Å²) in [5.41, 5.74) is 7.42. The molecule has 0 bridgehead atoms. The molecule has 28 heavy (non-hydrogen) atoms. The van der Waals surface area contributed by atoms with Crippen molar-refractivity contribution in [1.29, 1.82) is 0 Å². The van der Waals surface area contributed by atoms with Crippen molar-refractivity contribution in [2.75, 3.05) is 10.3 Å². The predicted octanol–water partition coefficient (Wildman–Crippen LogP) is 2.43. The van der Waals surface area contributed by atoms with E-state index in [9.17, 15) is 14.0 Å². The molecule has 1 aliphatic rings. The lowest BCUT2D eigenvalue weighted by atomic mass is 10.1. The minimum atomic E-state index is -0.819. The van der Waals surface area contributed by atoms with Gasteiger partial charge in [-0.15, -0.1) is 0 Å². The van der Waals surface area contributed by atoms with E-state index in [1.54, 1.807) is 12.3 Å². The number of nitrogens with two attached hydrogens (primary N) is 1. The molecule has 0 spiro atoms. The monoisotopic (exact) mass is 377 g/mol. The number of primary amides is 1. The molecular formula is C20H16FN5O2. The summed E-state index contributed by atoms with van der Waals surface area (Å²) < 4.78 is 13.2. The van der Waals surface area contributed by atoms with Gasteiger partial charge in [-0.05, 0) is 36.4 Å². The third kappa shape index (κ3) is 3.39. The van der Waals surface area contributed by atoms with Gasteiger partial charge in [0.25, 0.3) is 5.91 Å². The van der Waals surface area contributed by atoms with Gasteiger partial charge in [0.2, 0.25) is 5.91 Å². The number of carbonyl (C=O) groups is 2. The van der Waals surface area contributed by atoms with Gasteiger partial charge in [-0.25, -0.2) is 4.39 Å². The SMILES string of the molecule is NC(=O)[C@@H]1CC(C(=O)Nc2cnc3ccccc3c2)=NN1c1ccc(F)cc1. The van der Waals surface area contributed by atoms with Crippen LogP contribution in [0.3, 0.4) is 0 Å². The van der Waals surface area contributed by atoms with E-state index in [0.717, 1.165) is 10.9 Å². The number of benzene rings is 2. The minimum Gasteiger partial charge on any atom is -0.368 e. The zero-order valence-electron chi connectivity index (χ0n) is 14.7. The number of amides is 2. The van der Waals surface area contributed by atoms with Crippen LogP contribution in [-0.4, -0.2) is 28.6 Å².